The molecule has 0 fully saturated rings. The maximum atomic E-state index is 5.38. The van der Waals surface area contributed by atoms with E-state index in [4.69, 9.17) is 9.47 Å². The van der Waals surface area contributed by atoms with E-state index in [1.54, 1.807) is 0 Å². The van der Waals surface area contributed by atoms with Crippen LogP contribution < -0.4 is 14.8 Å². The molecule has 1 aliphatic rings. The molecule has 0 aliphatic carbocycles. The first-order valence-corrected chi connectivity index (χ1v) is 6.68. The number of benzene rings is 1. The summed E-state index contributed by atoms with van der Waals surface area (Å²) in [4.78, 5) is 0. The summed E-state index contributed by atoms with van der Waals surface area (Å²) in [7, 11) is 0. The summed E-state index contributed by atoms with van der Waals surface area (Å²) >= 11 is 3.56. The Morgan fingerprint density at radius 1 is 1.24 bits per heavy atom. The Morgan fingerprint density at radius 2 is 1.88 bits per heavy atom. The van der Waals surface area contributed by atoms with Crippen molar-refractivity contribution in [1.82, 2.24) is 5.32 Å². The van der Waals surface area contributed by atoms with Crippen molar-refractivity contribution in [3.63, 3.8) is 0 Å². The van der Waals surface area contributed by atoms with Crippen molar-refractivity contribution in [3.8, 4) is 11.5 Å². The van der Waals surface area contributed by atoms with Crippen molar-refractivity contribution in [1.29, 1.82) is 0 Å². The molecule has 1 aromatic carbocycles. The molecule has 4 heteroatoms. The van der Waals surface area contributed by atoms with E-state index in [0.717, 1.165) is 22.5 Å². The molecule has 0 aromatic heterocycles. The summed E-state index contributed by atoms with van der Waals surface area (Å²) in [6.07, 6.45) is 0. The minimum Gasteiger partial charge on any atom is -0.454 e. The van der Waals surface area contributed by atoms with Crippen LogP contribution in [-0.4, -0.2) is 12.8 Å². The fourth-order valence-corrected chi connectivity index (χ4v) is 2.06. The van der Waals surface area contributed by atoms with Crippen molar-refractivity contribution < 1.29 is 9.47 Å². The zero-order valence-electron chi connectivity index (χ0n) is 10.4. The molecular formula is C13H18BrNO2. The number of ether oxygens (including phenoxy) is 2. The second kappa shape index (κ2) is 5.27. The molecule has 94 valence electrons. The minimum atomic E-state index is 0.320. The first kappa shape index (κ1) is 12.7. The monoisotopic (exact) mass is 299 g/mol. The number of hydrogen-bond acceptors (Lipinski definition) is 3. The van der Waals surface area contributed by atoms with Gasteiger partial charge in [0.15, 0.2) is 11.5 Å². The molecule has 1 aromatic rings. The average Bonchev–Trinajstić information content (AvgIpc) is 2.72. The van der Waals surface area contributed by atoms with Crippen molar-refractivity contribution in [2.75, 3.05) is 6.79 Å². The summed E-state index contributed by atoms with van der Waals surface area (Å²) in [5, 5.41) is 3.50. The molecule has 0 amide bonds. The van der Waals surface area contributed by atoms with Crippen LogP contribution in [0.4, 0.5) is 0 Å². The lowest BCUT2D eigenvalue weighted by Gasteiger charge is -2.18. The molecule has 0 saturated carbocycles. The minimum absolute atomic E-state index is 0.320. The van der Waals surface area contributed by atoms with Crippen LogP contribution in [-0.2, 0) is 6.54 Å². The fraction of sp³-hybridized carbons (Fsp3) is 0.538. The van der Waals surface area contributed by atoms with Crippen LogP contribution in [0.15, 0.2) is 16.6 Å². The number of hydrogen-bond donors (Lipinski definition) is 1. The molecule has 0 bridgehead atoms. The van der Waals surface area contributed by atoms with Gasteiger partial charge in [0.05, 0.1) is 0 Å². The van der Waals surface area contributed by atoms with Gasteiger partial charge in [-0.05, 0) is 30.5 Å². The van der Waals surface area contributed by atoms with Gasteiger partial charge in [0.1, 0.15) is 0 Å². The SMILES string of the molecule is CC(C)C(C)NCc1cc2c(cc1Br)OCO2. The summed E-state index contributed by atoms with van der Waals surface area (Å²) in [5.74, 6) is 2.28. The highest BCUT2D eigenvalue weighted by molar-refractivity contribution is 9.10. The van der Waals surface area contributed by atoms with Gasteiger partial charge in [0, 0.05) is 17.1 Å². The molecule has 0 spiro atoms. The lowest BCUT2D eigenvalue weighted by Crippen LogP contribution is -2.30. The Kier molecular flexibility index (Phi) is 3.94. The number of nitrogens with one attached hydrogen (secondary N) is 1. The van der Waals surface area contributed by atoms with Crippen molar-refractivity contribution >= 4 is 15.9 Å². The smallest absolute Gasteiger partial charge is 0.231 e. The normalized spacial score (nSPS) is 15.4. The van der Waals surface area contributed by atoms with E-state index >= 15 is 0 Å². The van der Waals surface area contributed by atoms with Crippen LogP contribution in [0.3, 0.4) is 0 Å². The number of halogens is 1. The summed E-state index contributed by atoms with van der Waals surface area (Å²) in [6, 6.07) is 4.50. The Bertz CT molecular complexity index is 407. The van der Waals surface area contributed by atoms with Gasteiger partial charge < -0.3 is 14.8 Å². The second-order valence-corrected chi connectivity index (χ2v) is 5.56. The largest absolute Gasteiger partial charge is 0.454 e. The highest BCUT2D eigenvalue weighted by Gasteiger charge is 2.16. The van der Waals surface area contributed by atoms with Gasteiger partial charge in [-0.3, -0.25) is 0 Å². The molecule has 1 N–H and O–H groups in total. The highest BCUT2D eigenvalue weighted by Crippen LogP contribution is 2.36. The van der Waals surface area contributed by atoms with Crippen LogP contribution in [0.1, 0.15) is 26.3 Å². The van der Waals surface area contributed by atoms with Gasteiger partial charge in [-0.2, -0.15) is 0 Å². The third kappa shape index (κ3) is 2.93. The molecular weight excluding hydrogens is 282 g/mol. The molecule has 3 nitrogen and oxygen atoms in total. The van der Waals surface area contributed by atoms with Crippen molar-refractivity contribution in [2.24, 2.45) is 5.92 Å². The maximum Gasteiger partial charge on any atom is 0.231 e. The van der Waals surface area contributed by atoms with Crippen molar-refractivity contribution in [3.05, 3.63) is 22.2 Å². The van der Waals surface area contributed by atoms with E-state index in [1.165, 1.54) is 5.56 Å². The van der Waals surface area contributed by atoms with Crippen molar-refractivity contribution in [2.45, 2.75) is 33.4 Å². The predicted octanol–water partition coefficient (Wildman–Crippen LogP) is 3.31. The molecule has 1 aliphatic heterocycles. The predicted molar refractivity (Wildman–Crippen MR) is 71.4 cm³/mol. The van der Waals surface area contributed by atoms with E-state index in [-0.39, 0.29) is 0 Å². The molecule has 2 rings (SSSR count). The van der Waals surface area contributed by atoms with Crippen LogP contribution >= 0.6 is 15.9 Å². The average molecular weight is 300 g/mol. The molecule has 0 saturated heterocycles. The Hall–Kier alpha value is -0.740. The molecule has 1 atom stereocenters. The zero-order valence-corrected chi connectivity index (χ0v) is 12.0. The molecule has 1 heterocycles. The van der Waals surface area contributed by atoms with Gasteiger partial charge in [0.25, 0.3) is 0 Å². The third-order valence-corrected chi connectivity index (χ3v) is 3.89. The summed E-state index contributed by atoms with van der Waals surface area (Å²) < 4.78 is 11.8. The highest BCUT2D eigenvalue weighted by atomic mass is 79.9. The van der Waals surface area contributed by atoms with Crippen LogP contribution in [0, 0.1) is 5.92 Å². The van der Waals surface area contributed by atoms with Crippen LogP contribution in [0.2, 0.25) is 0 Å². The first-order chi connectivity index (χ1) is 8.08. The summed E-state index contributed by atoms with van der Waals surface area (Å²) in [6.45, 7) is 7.78. The number of fused-ring (bicyclic) bond motifs is 1. The molecule has 0 radical (unpaired) electrons. The maximum absolute atomic E-state index is 5.38. The first-order valence-electron chi connectivity index (χ1n) is 5.89. The summed E-state index contributed by atoms with van der Waals surface area (Å²) in [5.41, 5.74) is 1.20. The Balaban J connectivity index is 2.06. The van der Waals surface area contributed by atoms with E-state index in [0.29, 0.717) is 18.8 Å². The van der Waals surface area contributed by atoms with Crippen LogP contribution in [0.25, 0.3) is 0 Å². The second-order valence-electron chi connectivity index (χ2n) is 4.71. The fourth-order valence-electron chi connectivity index (χ4n) is 1.60. The molecule has 17 heavy (non-hydrogen) atoms. The quantitative estimate of drug-likeness (QED) is 0.925. The van der Waals surface area contributed by atoms with Gasteiger partial charge >= 0.3 is 0 Å². The Labute approximate surface area is 111 Å². The molecule has 1 unspecified atom stereocenters. The van der Waals surface area contributed by atoms with E-state index in [9.17, 15) is 0 Å². The lowest BCUT2D eigenvalue weighted by molar-refractivity contribution is 0.174. The van der Waals surface area contributed by atoms with Crippen LogP contribution in [0.5, 0.6) is 11.5 Å². The zero-order chi connectivity index (χ0) is 12.4. The topological polar surface area (TPSA) is 30.5 Å². The third-order valence-electron chi connectivity index (χ3n) is 3.16. The van der Waals surface area contributed by atoms with Gasteiger partial charge in [-0.25, -0.2) is 0 Å². The lowest BCUT2D eigenvalue weighted by atomic mass is 10.1. The van der Waals surface area contributed by atoms with Gasteiger partial charge in [-0.1, -0.05) is 29.8 Å². The number of rotatable bonds is 4. The van der Waals surface area contributed by atoms with Gasteiger partial charge in [-0.15, -0.1) is 0 Å². The van der Waals surface area contributed by atoms with E-state index < -0.39 is 0 Å². The Morgan fingerprint density at radius 3 is 2.53 bits per heavy atom. The van der Waals surface area contributed by atoms with E-state index in [1.807, 2.05) is 12.1 Å². The van der Waals surface area contributed by atoms with E-state index in [2.05, 4.69) is 42.0 Å². The van der Waals surface area contributed by atoms with Gasteiger partial charge in [0.2, 0.25) is 6.79 Å². The standard InChI is InChI=1S/C13H18BrNO2/c1-8(2)9(3)15-6-10-4-12-13(5-11(10)14)17-7-16-12/h4-5,8-9,15H,6-7H2,1-3H3.